The van der Waals surface area contributed by atoms with Crippen molar-refractivity contribution in [3.05, 3.63) is 24.0 Å². The zero-order chi connectivity index (χ0) is 14.2. The van der Waals surface area contributed by atoms with Crippen molar-refractivity contribution in [3.63, 3.8) is 0 Å². The number of rotatable bonds is 3. The van der Waals surface area contributed by atoms with Crippen molar-refractivity contribution in [2.24, 2.45) is 11.8 Å². The van der Waals surface area contributed by atoms with Gasteiger partial charge in [0.25, 0.3) is 0 Å². The lowest BCUT2D eigenvalue weighted by Crippen LogP contribution is -2.30. The minimum Gasteiger partial charge on any atom is -0.481 e. The van der Waals surface area contributed by atoms with Crippen molar-refractivity contribution in [2.75, 3.05) is 13.1 Å². The van der Waals surface area contributed by atoms with Crippen LogP contribution in [0.1, 0.15) is 12.6 Å². The average Bonchev–Trinajstić information content (AvgIpc) is 2.72. The number of carboxylic acids is 1. The first-order valence-electron chi connectivity index (χ1n) is 5.98. The van der Waals surface area contributed by atoms with Crippen molar-refractivity contribution in [3.8, 4) is 0 Å². The van der Waals surface area contributed by atoms with E-state index in [1.54, 1.807) is 19.9 Å². The number of hydrogen-bond donors (Lipinski definition) is 1. The van der Waals surface area contributed by atoms with Crippen LogP contribution in [0.3, 0.4) is 0 Å². The smallest absolute Gasteiger partial charge is 0.308 e. The van der Waals surface area contributed by atoms with E-state index in [1.165, 1.54) is 16.6 Å². The molecule has 1 aromatic rings. The lowest BCUT2D eigenvalue weighted by molar-refractivity contribution is -0.142. The second kappa shape index (κ2) is 4.90. The van der Waals surface area contributed by atoms with Gasteiger partial charge in [0.2, 0.25) is 10.0 Å². The molecular formula is C12H16N2O4S. The monoisotopic (exact) mass is 284 g/mol. The fourth-order valence-corrected chi connectivity index (χ4v) is 3.71. The second-order valence-electron chi connectivity index (χ2n) is 4.88. The van der Waals surface area contributed by atoms with Crippen LogP contribution in [0.15, 0.2) is 23.2 Å². The third-order valence-electron chi connectivity index (χ3n) is 3.42. The van der Waals surface area contributed by atoms with Gasteiger partial charge in [0.1, 0.15) is 4.90 Å². The average molecular weight is 284 g/mol. The van der Waals surface area contributed by atoms with Gasteiger partial charge in [-0.05, 0) is 25.0 Å². The van der Waals surface area contributed by atoms with Gasteiger partial charge in [-0.2, -0.15) is 4.31 Å². The summed E-state index contributed by atoms with van der Waals surface area (Å²) < 4.78 is 25.9. The van der Waals surface area contributed by atoms with Crippen LogP contribution in [0.5, 0.6) is 0 Å². The molecule has 19 heavy (non-hydrogen) atoms. The van der Waals surface area contributed by atoms with E-state index in [0.29, 0.717) is 0 Å². The molecule has 0 amide bonds. The summed E-state index contributed by atoms with van der Waals surface area (Å²) in [5.41, 5.74) is 0.733. The second-order valence-corrected chi connectivity index (χ2v) is 6.82. The van der Waals surface area contributed by atoms with Gasteiger partial charge in [-0.1, -0.05) is 6.92 Å². The van der Waals surface area contributed by atoms with E-state index in [2.05, 4.69) is 4.98 Å². The SMILES string of the molecule is Cc1ccc(S(=O)(=O)N2C[C@@H](C)[C@H](C(=O)O)C2)cn1. The van der Waals surface area contributed by atoms with Gasteiger partial charge >= 0.3 is 5.97 Å². The summed E-state index contributed by atoms with van der Waals surface area (Å²) in [7, 11) is -3.65. The minimum atomic E-state index is -3.65. The molecule has 1 saturated heterocycles. The summed E-state index contributed by atoms with van der Waals surface area (Å²) in [6.07, 6.45) is 1.31. The number of aromatic nitrogens is 1. The molecule has 1 fully saturated rings. The molecule has 0 aromatic carbocycles. The van der Waals surface area contributed by atoms with Crippen molar-refractivity contribution < 1.29 is 18.3 Å². The Labute approximate surface area is 112 Å². The highest BCUT2D eigenvalue weighted by Crippen LogP contribution is 2.28. The van der Waals surface area contributed by atoms with Gasteiger partial charge in [0.15, 0.2) is 0 Å². The predicted molar refractivity (Wildman–Crippen MR) is 68.0 cm³/mol. The normalized spacial score (nSPS) is 24.5. The van der Waals surface area contributed by atoms with E-state index in [-0.39, 0.29) is 23.9 Å². The quantitative estimate of drug-likeness (QED) is 0.884. The van der Waals surface area contributed by atoms with Gasteiger partial charge in [0.05, 0.1) is 5.92 Å². The highest BCUT2D eigenvalue weighted by molar-refractivity contribution is 7.89. The number of aliphatic carboxylic acids is 1. The lowest BCUT2D eigenvalue weighted by Gasteiger charge is -2.15. The van der Waals surface area contributed by atoms with Gasteiger partial charge in [-0.15, -0.1) is 0 Å². The van der Waals surface area contributed by atoms with Gasteiger partial charge in [-0.3, -0.25) is 9.78 Å². The van der Waals surface area contributed by atoms with Crippen LogP contribution in [0.25, 0.3) is 0 Å². The molecular weight excluding hydrogens is 268 g/mol. The molecule has 0 bridgehead atoms. The van der Waals surface area contributed by atoms with Crippen LogP contribution in [-0.4, -0.2) is 41.9 Å². The van der Waals surface area contributed by atoms with E-state index >= 15 is 0 Å². The Morgan fingerprint density at radius 1 is 1.42 bits per heavy atom. The van der Waals surface area contributed by atoms with E-state index < -0.39 is 21.9 Å². The van der Waals surface area contributed by atoms with Crippen LogP contribution in [0.4, 0.5) is 0 Å². The molecule has 1 aromatic heterocycles. The first-order valence-corrected chi connectivity index (χ1v) is 7.42. The zero-order valence-corrected chi connectivity index (χ0v) is 11.6. The number of carbonyl (C=O) groups is 1. The van der Waals surface area contributed by atoms with E-state index in [0.717, 1.165) is 5.69 Å². The number of nitrogens with zero attached hydrogens (tertiary/aromatic N) is 2. The summed E-state index contributed by atoms with van der Waals surface area (Å²) in [6.45, 7) is 3.77. The maximum atomic E-state index is 12.4. The number of carboxylic acid groups (broad SMARTS) is 1. The Bertz CT molecular complexity index is 582. The van der Waals surface area contributed by atoms with Crippen LogP contribution in [0, 0.1) is 18.8 Å². The maximum Gasteiger partial charge on any atom is 0.308 e. The topological polar surface area (TPSA) is 87.6 Å². The molecule has 0 aliphatic carbocycles. The zero-order valence-electron chi connectivity index (χ0n) is 10.8. The molecule has 0 saturated carbocycles. The van der Waals surface area contributed by atoms with Crippen molar-refractivity contribution >= 4 is 16.0 Å². The number of aryl methyl sites for hydroxylation is 1. The first kappa shape index (κ1) is 14.0. The molecule has 0 unspecified atom stereocenters. The molecule has 7 heteroatoms. The number of sulfonamides is 1. The van der Waals surface area contributed by atoms with Gasteiger partial charge < -0.3 is 5.11 Å². The standard InChI is InChI=1S/C12H16N2O4S/c1-8-6-14(7-11(8)12(15)16)19(17,18)10-4-3-9(2)13-5-10/h3-5,8,11H,6-7H2,1-2H3,(H,15,16)/t8-,11-/m1/s1. The third-order valence-corrected chi connectivity index (χ3v) is 5.23. The van der Waals surface area contributed by atoms with E-state index in [9.17, 15) is 13.2 Å². The molecule has 0 radical (unpaired) electrons. The van der Waals surface area contributed by atoms with Crippen LogP contribution in [-0.2, 0) is 14.8 Å². The predicted octanol–water partition coefficient (Wildman–Crippen LogP) is 0.731. The summed E-state index contributed by atoms with van der Waals surface area (Å²) in [5.74, 6) is -1.79. The molecule has 1 aliphatic heterocycles. The number of pyridine rings is 1. The fourth-order valence-electron chi connectivity index (χ4n) is 2.20. The third kappa shape index (κ3) is 2.62. The van der Waals surface area contributed by atoms with Crippen LogP contribution in [0.2, 0.25) is 0 Å². The Balaban J connectivity index is 2.27. The molecule has 2 atom stereocenters. The Kier molecular flexibility index (Phi) is 3.60. The fraction of sp³-hybridized carbons (Fsp3) is 0.500. The summed E-state index contributed by atoms with van der Waals surface area (Å²) >= 11 is 0. The van der Waals surface area contributed by atoms with Crippen molar-refractivity contribution in [1.29, 1.82) is 0 Å². The van der Waals surface area contributed by atoms with Crippen LogP contribution < -0.4 is 0 Å². The molecule has 1 N–H and O–H groups in total. The highest BCUT2D eigenvalue weighted by Gasteiger charge is 2.40. The maximum absolute atomic E-state index is 12.4. The largest absolute Gasteiger partial charge is 0.481 e. The van der Waals surface area contributed by atoms with E-state index in [4.69, 9.17) is 5.11 Å². The van der Waals surface area contributed by atoms with Crippen molar-refractivity contribution in [2.45, 2.75) is 18.7 Å². The van der Waals surface area contributed by atoms with Gasteiger partial charge in [-0.25, -0.2) is 8.42 Å². The Hall–Kier alpha value is -1.47. The molecule has 104 valence electrons. The van der Waals surface area contributed by atoms with Crippen molar-refractivity contribution in [1.82, 2.24) is 9.29 Å². The Morgan fingerprint density at radius 3 is 2.58 bits per heavy atom. The lowest BCUT2D eigenvalue weighted by atomic mass is 9.99. The molecule has 2 heterocycles. The Morgan fingerprint density at radius 2 is 2.11 bits per heavy atom. The molecule has 6 nitrogen and oxygen atoms in total. The number of hydrogen-bond acceptors (Lipinski definition) is 4. The first-order chi connectivity index (χ1) is 8.82. The molecule has 2 rings (SSSR count). The summed E-state index contributed by atoms with van der Waals surface area (Å²) in [4.78, 5) is 15.1. The minimum absolute atomic E-state index is 0.0205. The highest BCUT2D eigenvalue weighted by atomic mass is 32.2. The van der Waals surface area contributed by atoms with E-state index in [1.807, 2.05) is 0 Å². The molecule has 0 spiro atoms. The summed E-state index contributed by atoms with van der Waals surface area (Å²) in [6, 6.07) is 3.12. The molecule has 1 aliphatic rings. The van der Waals surface area contributed by atoms with Crippen LogP contribution >= 0.6 is 0 Å². The van der Waals surface area contributed by atoms with Gasteiger partial charge in [0, 0.05) is 25.0 Å². The summed E-state index contributed by atoms with van der Waals surface area (Å²) in [5, 5.41) is 9.04.